The zero-order chi connectivity index (χ0) is 27.4. The molecule has 0 radical (unpaired) electrons. The van der Waals surface area contributed by atoms with Crippen LogP contribution in [-0.4, -0.2) is 112 Å². The lowest BCUT2D eigenvalue weighted by atomic mass is 10.0. The molecule has 2 rings (SSSR count). The third kappa shape index (κ3) is 7.67. The number of nitrogens with one attached hydrogen (secondary N) is 1. The number of aliphatic hydroxyl groups is 6. The minimum absolute atomic E-state index is 0.196. The largest absolute Gasteiger partial charge is 0.484 e. The second-order valence-corrected chi connectivity index (χ2v) is 10.3. The molecule has 1 aromatic rings. The topological polar surface area (TPSA) is 305 Å². The summed E-state index contributed by atoms with van der Waals surface area (Å²) in [4.78, 5) is 53.7. The first kappa shape index (κ1) is 30.6. The lowest BCUT2D eigenvalue weighted by Crippen LogP contribution is -2.47. The molecule has 1 saturated heterocycles. The highest BCUT2D eigenvalue weighted by atomic mass is 31.3. The van der Waals surface area contributed by atoms with Crippen LogP contribution in [0.3, 0.4) is 0 Å². The molecule has 0 aromatic carbocycles. The van der Waals surface area contributed by atoms with Gasteiger partial charge in [-0.05, 0) is 0 Å². The van der Waals surface area contributed by atoms with Gasteiger partial charge in [0.05, 0.1) is 13.2 Å². The van der Waals surface area contributed by atoms with Gasteiger partial charge in [0.1, 0.15) is 42.7 Å². The van der Waals surface area contributed by atoms with Crippen molar-refractivity contribution in [2.75, 3.05) is 13.2 Å². The SMILES string of the molecule is O=CC(O)C(O)C(O)C(CO)OP(=O)(OCC1OC(n2ccc(=O)[nH]c2=O)C(O)C1O)OP(=O)(O)O. The van der Waals surface area contributed by atoms with E-state index in [2.05, 4.69) is 8.83 Å². The average Bonchev–Trinajstić information content (AvgIpc) is 3.07. The summed E-state index contributed by atoms with van der Waals surface area (Å²) in [5.41, 5.74) is -1.81. The summed E-state index contributed by atoms with van der Waals surface area (Å²) in [6, 6.07) is 0.903. The highest BCUT2D eigenvalue weighted by molar-refractivity contribution is 7.61. The van der Waals surface area contributed by atoms with Crippen LogP contribution < -0.4 is 11.2 Å². The highest BCUT2D eigenvalue weighted by Crippen LogP contribution is 2.62. The lowest BCUT2D eigenvalue weighted by molar-refractivity contribution is -0.135. The summed E-state index contributed by atoms with van der Waals surface area (Å²) >= 11 is 0. The van der Waals surface area contributed by atoms with Crippen LogP contribution in [0.1, 0.15) is 6.23 Å². The van der Waals surface area contributed by atoms with Crippen molar-refractivity contribution in [2.45, 2.75) is 49.0 Å². The first-order valence-electron chi connectivity index (χ1n) is 9.75. The molecule has 9 atom stereocenters. The molecule has 0 bridgehead atoms. The van der Waals surface area contributed by atoms with E-state index in [1.807, 2.05) is 4.98 Å². The Labute approximate surface area is 199 Å². The van der Waals surface area contributed by atoms with Gasteiger partial charge < -0.3 is 50.0 Å². The maximum Gasteiger partial charge on any atom is 0.484 e. The molecule has 9 N–H and O–H groups in total. The number of ether oxygens (including phenoxy) is 1. The number of aromatic amines is 1. The number of nitrogens with zero attached hydrogens (tertiary/aromatic N) is 1. The molecule has 21 heteroatoms. The number of hydrogen-bond acceptors (Lipinski definition) is 15. The van der Waals surface area contributed by atoms with Crippen molar-refractivity contribution in [1.29, 1.82) is 0 Å². The molecule has 0 aliphatic carbocycles. The first-order valence-corrected chi connectivity index (χ1v) is 12.7. The number of aliphatic hydroxyl groups excluding tert-OH is 6. The molecule has 36 heavy (non-hydrogen) atoms. The summed E-state index contributed by atoms with van der Waals surface area (Å²) in [7, 11) is -11.2. The maximum absolute atomic E-state index is 12.9. The molecule has 206 valence electrons. The van der Waals surface area contributed by atoms with Crippen molar-refractivity contribution >= 4 is 21.9 Å². The van der Waals surface area contributed by atoms with Gasteiger partial charge in [-0.1, -0.05) is 0 Å². The van der Waals surface area contributed by atoms with E-state index in [4.69, 9.17) is 19.0 Å². The van der Waals surface area contributed by atoms with E-state index in [-0.39, 0.29) is 6.29 Å². The Morgan fingerprint density at radius 3 is 2.31 bits per heavy atom. The van der Waals surface area contributed by atoms with Crippen molar-refractivity contribution in [3.05, 3.63) is 33.1 Å². The van der Waals surface area contributed by atoms with Gasteiger partial charge in [-0.15, -0.1) is 0 Å². The van der Waals surface area contributed by atoms with Gasteiger partial charge in [-0.3, -0.25) is 23.4 Å². The van der Waals surface area contributed by atoms with Crippen LogP contribution in [0, 0.1) is 0 Å². The maximum atomic E-state index is 12.9. The summed E-state index contributed by atoms with van der Waals surface area (Å²) in [5, 5.41) is 58.7. The fourth-order valence-electron chi connectivity index (χ4n) is 2.96. The minimum atomic E-state index is -5.67. The van der Waals surface area contributed by atoms with Gasteiger partial charge >= 0.3 is 21.3 Å². The zero-order valence-electron chi connectivity index (χ0n) is 17.9. The van der Waals surface area contributed by atoms with Crippen LogP contribution in [0.2, 0.25) is 0 Å². The van der Waals surface area contributed by atoms with E-state index in [1.165, 1.54) is 0 Å². The van der Waals surface area contributed by atoms with Crippen molar-refractivity contribution in [3.63, 3.8) is 0 Å². The van der Waals surface area contributed by atoms with Crippen molar-refractivity contribution in [2.24, 2.45) is 0 Å². The van der Waals surface area contributed by atoms with E-state index in [1.54, 1.807) is 0 Å². The fraction of sp³-hybridized carbons (Fsp3) is 0.667. The minimum Gasteiger partial charge on any atom is -0.394 e. The van der Waals surface area contributed by atoms with Crippen molar-refractivity contribution < 1.29 is 72.4 Å². The number of rotatable bonds is 13. The number of carbonyl (C=O) groups is 1. The Balaban J connectivity index is 2.22. The molecule has 2 heterocycles. The van der Waals surface area contributed by atoms with Gasteiger partial charge in [0.25, 0.3) is 5.56 Å². The number of phosphoric ester groups is 1. The number of aromatic nitrogens is 2. The van der Waals surface area contributed by atoms with Crippen molar-refractivity contribution in [3.8, 4) is 0 Å². The molecule has 0 spiro atoms. The van der Waals surface area contributed by atoms with E-state index in [9.17, 15) is 54.2 Å². The van der Waals surface area contributed by atoms with Crippen LogP contribution in [0.15, 0.2) is 21.9 Å². The molecule has 1 aliphatic heterocycles. The van der Waals surface area contributed by atoms with E-state index in [0.717, 1.165) is 12.3 Å². The Morgan fingerprint density at radius 1 is 1.14 bits per heavy atom. The number of carbonyl (C=O) groups excluding carboxylic acids is 1. The molecular weight excluding hydrogens is 542 g/mol. The van der Waals surface area contributed by atoms with Crippen LogP contribution >= 0.6 is 15.6 Å². The third-order valence-electron chi connectivity index (χ3n) is 4.73. The lowest BCUT2D eigenvalue weighted by Gasteiger charge is -2.29. The smallest absolute Gasteiger partial charge is 0.394 e. The fourth-order valence-corrected chi connectivity index (χ4v) is 5.26. The van der Waals surface area contributed by atoms with E-state index in [0.29, 0.717) is 4.57 Å². The predicted octanol–water partition coefficient (Wildman–Crippen LogP) is -4.95. The average molecular weight is 566 g/mol. The predicted molar refractivity (Wildman–Crippen MR) is 110 cm³/mol. The van der Waals surface area contributed by atoms with Gasteiger partial charge in [0, 0.05) is 12.3 Å². The Hall–Kier alpha value is -1.67. The zero-order valence-corrected chi connectivity index (χ0v) is 19.6. The second kappa shape index (κ2) is 12.2. The van der Waals surface area contributed by atoms with Crippen LogP contribution in [0.25, 0.3) is 0 Å². The normalized spacial score (nSPS) is 27.7. The molecule has 1 aliphatic rings. The van der Waals surface area contributed by atoms with Crippen LogP contribution in [0.4, 0.5) is 0 Å². The Kier molecular flexibility index (Phi) is 10.4. The van der Waals surface area contributed by atoms with Gasteiger partial charge in [-0.25, -0.2) is 13.9 Å². The van der Waals surface area contributed by atoms with Crippen molar-refractivity contribution in [1.82, 2.24) is 9.55 Å². The summed E-state index contributed by atoms with van der Waals surface area (Å²) in [6.45, 7) is -2.40. The summed E-state index contributed by atoms with van der Waals surface area (Å²) in [6.07, 6.45) is -15.3. The number of aldehydes is 1. The monoisotopic (exact) mass is 566 g/mol. The van der Waals surface area contributed by atoms with E-state index >= 15 is 0 Å². The Bertz CT molecular complexity index is 1100. The van der Waals surface area contributed by atoms with Crippen LogP contribution in [-0.2, 0) is 32.0 Å². The van der Waals surface area contributed by atoms with Crippen LogP contribution in [0.5, 0.6) is 0 Å². The Morgan fingerprint density at radius 2 is 1.78 bits per heavy atom. The second-order valence-electron chi connectivity index (χ2n) is 7.31. The standard InChI is InChI=1S/C15H24N2O17P2/c18-3-6(20)10(22)11(23)7(4-19)33-36(30,34-35(27,28)29)31-5-8-12(24)13(25)14(32-8)17-2-1-9(21)16-15(17)26/h1-3,6-8,10-14,19-20,22-25H,4-5H2,(H,16,21,26)(H2,27,28,29). The number of hydrogen-bond donors (Lipinski definition) is 9. The van der Waals surface area contributed by atoms with Gasteiger partial charge in [0.15, 0.2) is 12.5 Å². The van der Waals surface area contributed by atoms with E-state index < -0.39 is 89.1 Å². The molecule has 19 nitrogen and oxygen atoms in total. The highest BCUT2D eigenvalue weighted by Gasteiger charge is 2.47. The number of phosphoric acid groups is 2. The molecular formula is C15H24N2O17P2. The number of H-pyrrole nitrogens is 1. The van der Waals surface area contributed by atoms with Gasteiger partial charge in [0.2, 0.25) is 0 Å². The summed E-state index contributed by atoms with van der Waals surface area (Å²) in [5.74, 6) is 0. The molecule has 1 fully saturated rings. The van der Waals surface area contributed by atoms with Gasteiger partial charge in [-0.2, -0.15) is 4.31 Å². The first-order chi connectivity index (χ1) is 16.6. The third-order valence-corrected chi connectivity index (χ3v) is 7.38. The quantitative estimate of drug-likeness (QED) is 0.0797. The molecule has 0 amide bonds. The molecule has 0 saturated carbocycles. The molecule has 9 unspecified atom stereocenters. The molecule has 1 aromatic heterocycles. The summed E-state index contributed by atoms with van der Waals surface area (Å²) < 4.78 is 43.5.